The number of carbonyl (C=O) groups is 2. The van der Waals surface area contributed by atoms with Gasteiger partial charge in [-0.25, -0.2) is 0 Å². The highest BCUT2D eigenvalue weighted by atomic mass is 35.5. The highest BCUT2D eigenvalue weighted by molar-refractivity contribution is 6.31. The molecule has 2 amide bonds. The highest BCUT2D eigenvalue weighted by Crippen LogP contribution is 2.42. The standard InChI is InChI=1S/C26H25ClN2O2/c1-18-16-22(12-13-23(18)29-24(30)19-8-7-11-21(27)17-19)28-25(31)26(14-5-6-15-26)20-9-3-2-4-10-20/h2-4,7-13,16-17H,5-6,14-15H2,1H3,(H,28,31)(H,29,30). The molecule has 3 aromatic rings. The van der Waals surface area contributed by atoms with Crippen molar-refractivity contribution in [3.8, 4) is 0 Å². The van der Waals surface area contributed by atoms with Gasteiger partial charge >= 0.3 is 0 Å². The number of amides is 2. The van der Waals surface area contributed by atoms with Crippen LogP contribution in [0.2, 0.25) is 5.02 Å². The van der Waals surface area contributed by atoms with Gasteiger partial charge in [0.1, 0.15) is 0 Å². The molecule has 1 aliphatic carbocycles. The molecule has 0 bridgehead atoms. The third-order valence-electron chi connectivity index (χ3n) is 6.04. The summed E-state index contributed by atoms with van der Waals surface area (Å²) in [6.07, 6.45) is 3.82. The van der Waals surface area contributed by atoms with Crippen molar-refractivity contribution in [2.24, 2.45) is 0 Å². The summed E-state index contributed by atoms with van der Waals surface area (Å²) in [4.78, 5) is 25.8. The zero-order chi connectivity index (χ0) is 21.8. The fourth-order valence-corrected chi connectivity index (χ4v) is 4.53. The van der Waals surface area contributed by atoms with E-state index in [1.54, 1.807) is 24.3 Å². The first-order valence-corrected chi connectivity index (χ1v) is 10.9. The van der Waals surface area contributed by atoms with E-state index in [-0.39, 0.29) is 11.8 Å². The summed E-state index contributed by atoms with van der Waals surface area (Å²) in [5.74, 6) is -0.192. The summed E-state index contributed by atoms with van der Waals surface area (Å²) in [5, 5.41) is 6.54. The van der Waals surface area contributed by atoms with E-state index >= 15 is 0 Å². The van der Waals surface area contributed by atoms with Crippen LogP contribution in [0.3, 0.4) is 0 Å². The van der Waals surface area contributed by atoms with Gasteiger partial charge < -0.3 is 10.6 Å². The van der Waals surface area contributed by atoms with E-state index in [0.717, 1.165) is 42.5 Å². The largest absolute Gasteiger partial charge is 0.325 e. The normalized spacial score (nSPS) is 14.8. The molecule has 5 heteroatoms. The Bertz CT molecular complexity index is 1110. The zero-order valence-corrected chi connectivity index (χ0v) is 18.2. The SMILES string of the molecule is Cc1cc(NC(=O)C2(c3ccccc3)CCCC2)ccc1NC(=O)c1cccc(Cl)c1. The number of rotatable bonds is 5. The van der Waals surface area contributed by atoms with E-state index in [9.17, 15) is 9.59 Å². The van der Waals surface area contributed by atoms with Crippen molar-refractivity contribution < 1.29 is 9.59 Å². The molecule has 4 nitrogen and oxygen atoms in total. The summed E-state index contributed by atoms with van der Waals surface area (Å²) >= 11 is 5.98. The molecule has 3 aromatic carbocycles. The molecule has 2 N–H and O–H groups in total. The third-order valence-corrected chi connectivity index (χ3v) is 6.27. The molecule has 1 fully saturated rings. The number of carbonyl (C=O) groups excluding carboxylic acids is 2. The first-order chi connectivity index (χ1) is 15.0. The zero-order valence-electron chi connectivity index (χ0n) is 17.5. The minimum absolute atomic E-state index is 0.0336. The summed E-state index contributed by atoms with van der Waals surface area (Å²) in [6, 6.07) is 22.4. The number of hydrogen-bond acceptors (Lipinski definition) is 2. The Morgan fingerprint density at radius 1 is 0.871 bits per heavy atom. The number of aryl methyl sites for hydroxylation is 1. The van der Waals surface area contributed by atoms with E-state index in [4.69, 9.17) is 11.6 Å². The molecular weight excluding hydrogens is 408 g/mol. The fraction of sp³-hybridized carbons (Fsp3) is 0.231. The van der Waals surface area contributed by atoms with Crippen LogP contribution >= 0.6 is 11.6 Å². The second-order valence-electron chi connectivity index (χ2n) is 8.10. The maximum atomic E-state index is 13.3. The number of anilines is 2. The monoisotopic (exact) mass is 432 g/mol. The Kier molecular flexibility index (Phi) is 6.10. The van der Waals surface area contributed by atoms with Gasteiger partial charge in [-0.05, 0) is 67.3 Å². The second kappa shape index (κ2) is 8.94. The van der Waals surface area contributed by atoms with Gasteiger partial charge in [0.05, 0.1) is 5.41 Å². The van der Waals surface area contributed by atoms with Crippen molar-refractivity contribution in [1.82, 2.24) is 0 Å². The van der Waals surface area contributed by atoms with Crippen molar-refractivity contribution in [2.75, 3.05) is 10.6 Å². The van der Waals surface area contributed by atoms with Crippen LogP contribution in [-0.2, 0) is 10.2 Å². The van der Waals surface area contributed by atoms with Crippen LogP contribution in [-0.4, -0.2) is 11.8 Å². The Labute approximate surface area is 187 Å². The van der Waals surface area contributed by atoms with Crippen molar-refractivity contribution in [3.63, 3.8) is 0 Å². The van der Waals surface area contributed by atoms with E-state index < -0.39 is 5.41 Å². The molecule has 4 rings (SSSR count). The molecule has 1 aliphatic rings. The lowest BCUT2D eigenvalue weighted by atomic mass is 9.78. The Balaban J connectivity index is 1.50. The number of nitrogens with one attached hydrogen (secondary N) is 2. The van der Waals surface area contributed by atoms with Gasteiger partial charge in [0.15, 0.2) is 0 Å². The lowest BCUT2D eigenvalue weighted by Gasteiger charge is -2.28. The Hall–Kier alpha value is -3.11. The second-order valence-corrected chi connectivity index (χ2v) is 8.54. The molecule has 0 unspecified atom stereocenters. The maximum absolute atomic E-state index is 13.3. The molecule has 0 radical (unpaired) electrons. The van der Waals surface area contributed by atoms with Gasteiger partial charge in [-0.15, -0.1) is 0 Å². The van der Waals surface area contributed by atoms with Crippen LogP contribution in [0.15, 0.2) is 72.8 Å². The van der Waals surface area contributed by atoms with E-state index in [1.807, 2.05) is 55.5 Å². The molecular formula is C26H25ClN2O2. The van der Waals surface area contributed by atoms with Crippen molar-refractivity contribution in [2.45, 2.75) is 38.0 Å². The van der Waals surface area contributed by atoms with Gasteiger partial charge in [0.25, 0.3) is 5.91 Å². The average Bonchev–Trinajstić information content (AvgIpc) is 3.27. The Morgan fingerprint density at radius 3 is 2.29 bits per heavy atom. The maximum Gasteiger partial charge on any atom is 0.255 e. The van der Waals surface area contributed by atoms with Gasteiger partial charge in [-0.3, -0.25) is 9.59 Å². The van der Waals surface area contributed by atoms with Crippen molar-refractivity contribution >= 4 is 34.8 Å². The average molecular weight is 433 g/mol. The van der Waals surface area contributed by atoms with Crippen LogP contribution in [0.25, 0.3) is 0 Å². The predicted octanol–water partition coefficient (Wildman–Crippen LogP) is 6.35. The quantitative estimate of drug-likeness (QED) is 0.493. The summed E-state index contributed by atoms with van der Waals surface area (Å²) in [6.45, 7) is 1.91. The number of halogens is 1. The lowest BCUT2D eigenvalue weighted by Crippen LogP contribution is -2.38. The molecule has 0 heterocycles. The van der Waals surface area contributed by atoms with E-state index in [1.165, 1.54) is 0 Å². The van der Waals surface area contributed by atoms with Crippen LogP contribution in [0, 0.1) is 6.92 Å². The molecule has 0 atom stereocenters. The molecule has 31 heavy (non-hydrogen) atoms. The predicted molar refractivity (Wildman–Crippen MR) is 126 cm³/mol. The van der Waals surface area contributed by atoms with Gasteiger partial charge in [0, 0.05) is 22.0 Å². The molecule has 1 saturated carbocycles. The Morgan fingerprint density at radius 2 is 1.61 bits per heavy atom. The highest BCUT2D eigenvalue weighted by Gasteiger charge is 2.42. The first kappa shape index (κ1) is 21.1. The molecule has 0 spiro atoms. The van der Waals surface area contributed by atoms with Gasteiger partial charge in [0.2, 0.25) is 5.91 Å². The summed E-state index contributed by atoms with van der Waals surface area (Å²) in [7, 11) is 0. The van der Waals surface area contributed by atoms with Gasteiger partial charge in [-0.1, -0.05) is 60.8 Å². The van der Waals surface area contributed by atoms with Crippen LogP contribution < -0.4 is 10.6 Å². The minimum Gasteiger partial charge on any atom is -0.325 e. The molecule has 0 saturated heterocycles. The lowest BCUT2D eigenvalue weighted by molar-refractivity contribution is -0.121. The first-order valence-electron chi connectivity index (χ1n) is 10.5. The molecule has 0 aliphatic heterocycles. The van der Waals surface area contributed by atoms with Crippen molar-refractivity contribution in [1.29, 1.82) is 0 Å². The summed E-state index contributed by atoms with van der Waals surface area (Å²) < 4.78 is 0. The number of hydrogen-bond donors (Lipinski definition) is 2. The summed E-state index contributed by atoms with van der Waals surface area (Å²) in [5.41, 5.74) is 3.39. The van der Waals surface area contributed by atoms with Crippen LogP contribution in [0.4, 0.5) is 11.4 Å². The van der Waals surface area contributed by atoms with Crippen molar-refractivity contribution in [3.05, 3.63) is 94.5 Å². The van der Waals surface area contributed by atoms with Crippen LogP contribution in [0.1, 0.15) is 47.2 Å². The topological polar surface area (TPSA) is 58.2 Å². The number of benzene rings is 3. The van der Waals surface area contributed by atoms with E-state index in [0.29, 0.717) is 16.3 Å². The van der Waals surface area contributed by atoms with E-state index in [2.05, 4.69) is 10.6 Å². The fourth-order valence-electron chi connectivity index (χ4n) is 4.34. The minimum atomic E-state index is -0.478. The van der Waals surface area contributed by atoms with Crippen LogP contribution in [0.5, 0.6) is 0 Å². The molecule has 158 valence electrons. The third kappa shape index (κ3) is 4.49. The smallest absolute Gasteiger partial charge is 0.255 e. The van der Waals surface area contributed by atoms with Gasteiger partial charge in [-0.2, -0.15) is 0 Å². The molecule has 0 aromatic heterocycles.